The van der Waals surface area contributed by atoms with Crippen LogP contribution in [0.5, 0.6) is 11.5 Å². The molecule has 140 valence electrons. The van der Waals surface area contributed by atoms with Crippen molar-refractivity contribution in [3.05, 3.63) is 64.9 Å². The van der Waals surface area contributed by atoms with E-state index >= 15 is 0 Å². The zero-order chi connectivity index (χ0) is 19.2. The van der Waals surface area contributed by atoms with Crippen LogP contribution in [-0.2, 0) is 6.42 Å². The van der Waals surface area contributed by atoms with Crippen LogP contribution in [-0.4, -0.2) is 31.7 Å². The molecule has 5 nitrogen and oxygen atoms in total. The number of hydrogen-bond acceptors (Lipinski definition) is 5. The topological polar surface area (TPSA) is 60.5 Å². The van der Waals surface area contributed by atoms with Gasteiger partial charge in [-0.3, -0.25) is 4.79 Å². The molecule has 0 spiro atoms. The fraction of sp³-hybridized carbons (Fsp3) is 0.200. The molecule has 3 aromatic rings. The summed E-state index contributed by atoms with van der Waals surface area (Å²) >= 11 is 1.50. The predicted molar refractivity (Wildman–Crippen MR) is 103 cm³/mol. The van der Waals surface area contributed by atoms with Crippen molar-refractivity contribution in [3.8, 4) is 22.1 Å². The van der Waals surface area contributed by atoms with Crippen molar-refractivity contribution in [1.29, 1.82) is 0 Å². The number of carbonyl (C=O) groups excluding carboxylic acids is 1. The maximum Gasteiger partial charge on any atom is 0.251 e. The van der Waals surface area contributed by atoms with Crippen molar-refractivity contribution in [1.82, 2.24) is 10.3 Å². The van der Waals surface area contributed by atoms with Crippen LogP contribution < -0.4 is 14.8 Å². The van der Waals surface area contributed by atoms with E-state index in [0.29, 0.717) is 30.0 Å². The Kier molecular flexibility index (Phi) is 6.03. The third kappa shape index (κ3) is 4.62. The van der Waals surface area contributed by atoms with E-state index in [0.717, 1.165) is 16.3 Å². The number of thiazole rings is 1. The Labute approximate surface area is 160 Å². The molecular formula is C20H19FN2O3S. The van der Waals surface area contributed by atoms with Crippen LogP contribution in [0.4, 0.5) is 4.39 Å². The van der Waals surface area contributed by atoms with Gasteiger partial charge in [-0.1, -0.05) is 0 Å². The van der Waals surface area contributed by atoms with E-state index in [1.807, 2.05) is 5.38 Å². The highest BCUT2D eigenvalue weighted by molar-refractivity contribution is 7.13. The van der Waals surface area contributed by atoms with Crippen LogP contribution in [0.3, 0.4) is 0 Å². The van der Waals surface area contributed by atoms with Gasteiger partial charge >= 0.3 is 0 Å². The molecule has 0 bridgehead atoms. The molecule has 0 aliphatic carbocycles. The number of hydrogen-bond donors (Lipinski definition) is 1. The Hall–Kier alpha value is -2.93. The van der Waals surface area contributed by atoms with E-state index < -0.39 is 0 Å². The Morgan fingerprint density at radius 3 is 2.56 bits per heavy atom. The second kappa shape index (κ2) is 8.64. The summed E-state index contributed by atoms with van der Waals surface area (Å²) in [5.74, 6) is 0.622. The van der Waals surface area contributed by atoms with Gasteiger partial charge in [-0.25, -0.2) is 9.37 Å². The first-order valence-electron chi connectivity index (χ1n) is 8.31. The third-order valence-corrected chi connectivity index (χ3v) is 4.90. The molecule has 2 aromatic carbocycles. The van der Waals surface area contributed by atoms with Crippen molar-refractivity contribution < 1.29 is 18.7 Å². The van der Waals surface area contributed by atoms with E-state index in [2.05, 4.69) is 10.3 Å². The van der Waals surface area contributed by atoms with Crippen molar-refractivity contribution in [2.45, 2.75) is 6.42 Å². The Balaban J connectivity index is 1.57. The minimum atomic E-state index is -0.270. The highest BCUT2D eigenvalue weighted by Crippen LogP contribution is 2.27. The number of rotatable bonds is 7. The van der Waals surface area contributed by atoms with Crippen molar-refractivity contribution in [2.75, 3.05) is 20.8 Å². The van der Waals surface area contributed by atoms with E-state index in [-0.39, 0.29) is 11.7 Å². The maximum atomic E-state index is 13.0. The first-order chi connectivity index (χ1) is 13.1. The number of ether oxygens (including phenoxy) is 2. The van der Waals surface area contributed by atoms with Crippen LogP contribution in [0.2, 0.25) is 0 Å². The molecule has 1 amide bonds. The minimum Gasteiger partial charge on any atom is -0.493 e. The summed E-state index contributed by atoms with van der Waals surface area (Å²) < 4.78 is 23.4. The molecule has 0 unspecified atom stereocenters. The SMILES string of the molecule is COc1ccc(C(=O)NCCc2csc(-c3ccc(F)cc3)n2)cc1OC. The molecule has 0 saturated carbocycles. The van der Waals surface area contributed by atoms with Gasteiger partial charge < -0.3 is 14.8 Å². The number of nitrogens with zero attached hydrogens (tertiary/aromatic N) is 1. The molecule has 0 atom stereocenters. The summed E-state index contributed by atoms with van der Waals surface area (Å²) in [6.07, 6.45) is 0.608. The van der Waals surface area contributed by atoms with E-state index in [4.69, 9.17) is 9.47 Å². The van der Waals surface area contributed by atoms with Crippen LogP contribution in [0.1, 0.15) is 16.1 Å². The fourth-order valence-corrected chi connectivity index (χ4v) is 3.39. The van der Waals surface area contributed by atoms with Crippen molar-refractivity contribution in [2.24, 2.45) is 0 Å². The molecule has 0 aliphatic rings. The van der Waals surface area contributed by atoms with Gasteiger partial charge in [0.1, 0.15) is 10.8 Å². The lowest BCUT2D eigenvalue weighted by molar-refractivity contribution is 0.0953. The monoisotopic (exact) mass is 386 g/mol. The second-order valence-corrected chi connectivity index (χ2v) is 6.58. The number of methoxy groups -OCH3 is 2. The predicted octanol–water partition coefficient (Wildman–Crippen LogP) is 3.94. The standard InChI is InChI=1S/C20H19FN2O3S/c1-25-17-8-5-14(11-18(17)26-2)19(24)22-10-9-16-12-27-20(23-16)13-3-6-15(21)7-4-13/h3-8,11-12H,9-10H2,1-2H3,(H,22,24). The Bertz CT molecular complexity index is 925. The second-order valence-electron chi connectivity index (χ2n) is 5.73. The summed E-state index contributed by atoms with van der Waals surface area (Å²) in [6.45, 7) is 0.458. The van der Waals surface area contributed by atoms with Gasteiger partial charge in [-0.05, 0) is 42.5 Å². The molecule has 1 heterocycles. The van der Waals surface area contributed by atoms with Crippen molar-refractivity contribution in [3.63, 3.8) is 0 Å². The molecule has 1 N–H and O–H groups in total. The summed E-state index contributed by atoms with van der Waals surface area (Å²) in [7, 11) is 3.08. The zero-order valence-corrected chi connectivity index (χ0v) is 15.8. The number of benzene rings is 2. The highest BCUT2D eigenvalue weighted by Gasteiger charge is 2.11. The first-order valence-corrected chi connectivity index (χ1v) is 9.19. The molecule has 3 rings (SSSR count). The maximum absolute atomic E-state index is 13.0. The van der Waals surface area contributed by atoms with Crippen LogP contribution in [0, 0.1) is 5.82 Å². The average Bonchev–Trinajstić information content (AvgIpc) is 3.16. The molecule has 0 fully saturated rings. The van der Waals surface area contributed by atoms with Gasteiger partial charge in [0, 0.05) is 29.5 Å². The van der Waals surface area contributed by atoms with Crippen LogP contribution >= 0.6 is 11.3 Å². The molecule has 27 heavy (non-hydrogen) atoms. The summed E-state index contributed by atoms with van der Waals surface area (Å²) in [5.41, 5.74) is 2.26. The zero-order valence-electron chi connectivity index (χ0n) is 15.0. The highest BCUT2D eigenvalue weighted by atomic mass is 32.1. The van der Waals surface area contributed by atoms with Gasteiger partial charge in [-0.2, -0.15) is 0 Å². The molecule has 0 radical (unpaired) electrons. The number of amides is 1. The number of halogens is 1. The third-order valence-electron chi connectivity index (χ3n) is 3.96. The Morgan fingerprint density at radius 2 is 1.85 bits per heavy atom. The largest absolute Gasteiger partial charge is 0.493 e. The van der Waals surface area contributed by atoms with E-state index in [1.165, 1.54) is 30.6 Å². The minimum absolute atomic E-state index is 0.190. The van der Waals surface area contributed by atoms with Gasteiger partial charge in [0.25, 0.3) is 5.91 Å². The normalized spacial score (nSPS) is 10.5. The van der Waals surface area contributed by atoms with Gasteiger partial charge in [0.05, 0.1) is 19.9 Å². The molecule has 0 aliphatic heterocycles. The lowest BCUT2D eigenvalue weighted by atomic mass is 10.2. The molecular weight excluding hydrogens is 367 g/mol. The summed E-state index contributed by atoms with van der Waals surface area (Å²) in [6, 6.07) is 11.3. The summed E-state index contributed by atoms with van der Waals surface area (Å²) in [5, 5.41) is 5.65. The molecule has 0 saturated heterocycles. The van der Waals surface area contributed by atoms with Gasteiger partial charge in [0.2, 0.25) is 0 Å². The van der Waals surface area contributed by atoms with Crippen molar-refractivity contribution >= 4 is 17.2 Å². The summed E-state index contributed by atoms with van der Waals surface area (Å²) in [4.78, 5) is 16.8. The van der Waals surface area contributed by atoms with E-state index in [1.54, 1.807) is 37.4 Å². The number of nitrogens with one attached hydrogen (secondary N) is 1. The van der Waals surface area contributed by atoms with Crippen LogP contribution in [0.25, 0.3) is 10.6 Å². The quantitative estimate of drug-likeness (QED) is 0.668. The van der Waals surface area contributed by atoms with Crippen LogP contribution in [0.15, 0.2) is 47.8 Å². The smallest absolute Gasteiger partial charge is 0.251 e. The number of carbonyl (C=O) groups is 1. The Morgan fingerprint density at radius 1 is 1.11 bits per heavy atom. The lowest BCUT2D eigenvalue weighted by Crippen LogP contribution is -2.25. The average molecular weight is 386 g/mol. The fourth-order valence-electron chi connectivity index (χ4n) is 2.53. The van der Waals surface area contributed by atoms with Gasteiger partial charge in [0.15, 0.2) is 11.5 Å². The molecule has 1 aromatic heterocycles. The van der Waals surface area contributed by atoms with Gasteiger partial charge in [-0.15, -0.1) is 11.3 Å². The lowest BCUT2D eigenvalue weighted by Gasteiger charge is -2.09. The molecule has 7 heteroatoms. The first kappa shape index (κ1) is 18.8. The number of aromatic nitrogens is 1. The van der Waals surface area contributed by atoms with E-state index in [9.17, 15) is 9.18 Å².